The van der Waals surface area contributed by atoms with Crippen molar-refractivity contribution >= 4 is 17.5 Å². The number of fused-ring (bicyclic) bond motifs is 1. The molecule has 2 N–H and O–H groups in total. The summed E-state index contributed by atoms with van der Waals surface area (Å²) < 4.78 is 10.5. The summed E-state index contributed by atoms with van der Waals surface area (Å²) in [7, 11) is 0. The van der Waals surface area contributed by atoms with Gasteiger partial charge in [0.1, 0.15) is 0 Å². The number of anilines is 1. The fraction of sp³-hybridized carbons (Fsp3) is 0.176. The minimum Gasteiger partial charge on any atom is -0.454 e. The molecule has 0 saturated heterocycles. The predicted molar refractivity (Wildman–Crippen MR) is 84.6 cm³/mol. The van der Waals surface area contributed by atoms with Crippen LogP contribution >= 0.6 is 0 Å². The Labute approximate surface area is 133 Å². The number of ether oxygens (including phenoxy) is 2. The third-order valence-electron chi connectivity index (χ3n) is 3.33. The Hall–Kier alpha value is -3.02. The normalized spacial score (nSPS) is 11.8. The first-order valence-corrected chi connectivity index (χ1v) is 7.25. The van der Waals surface area contributed by atoms with Gasteiger partial charge in [-0.25, -0.2) is 0 Å². The maximum Gasteiger partial charge on any atom is 0.251 e. The molecule has 0 unspecified atom stereocenters. The molecule has 0 fully saturated rings. The molecule has 6 nitrogen and oxygen atoms in total. The van der Waals surface area contributed by atoms with Gasteiger partial charge in [-0.05, 0) is 24.3 Å². The Morgan fingerprint density at radius 3 is 2.61 bits per heavy atom. The molecule has 1 aliphatic heterocycles. The molecule has 0 aromatic heterocycles. The first-order chi connectivity index (χ1) is 11.2. The number of hydrogen-bond acceptors (Lipinski definition) is 4. The van der Waals surface area contributed by atoms with E-state index in [1.54, 1.807) is 42.5 Å². The van der Waals surface area contributed by atoms with Crippen molar-refractivity contribution in [2.45, 2.75) is 6.42 Å². The molecule has 2 aromatic rings. The largest absolute Gasteiger partial charge is 0.454 e. The van der Waals surface area contributed by atoms with Crippen LogP contribution in [-0.4, -0.2) is 25.2 Å². The van der Waals surface area contributed by atoms with E-state index in [2.05, 4.69) is 10.6 Å². The second kappa shape index (κ2) is 6.83. The molecule has 0 atom stereocenters. The second-order valence-electron chi connectivity index (χ2n) is 4.99. The maximum atomic E-state index is 11.9. The van der Waals surface area contributed by atoms with E-state index in [0.29, 0.717) is 22.7 Å². The first-order valence-electron chi connectivity index (χ1n) is 7.25. The Morgan fingerprint density at radius 2 is 1.78 bits per heavy atom. The van der Waals surface area contributed by atoms with Gasteiger partial charge in [0, 0.05) is 30.3 Å². The van der Waals surface area contributed by atoms with Gasteiger partial charge < -0.3 is 20.1 Å². The van der Waals surface area contributed by atoms with Gasteiger partial charge in [0.15, 0.2) is 11.5 Å². The zero-order valence-electron chi connectivity index (χ0n) is 12.4. The summed E-state index contributed by atoms with van der Waals surface area (Å²) in [6.45, 7) is 0.461. The summed E-state index contributed by atoms with van der Waals surface area (Å²) >= 11 is 0. The fourth-order valence-electron chi connectivity index (χ4n) is 2.18. The Kier molecular flexibility index (Phi) is 4.42. The van der Waals surface area contributed by atoms with Crippen LogP contribution in [0.5, 0.6) is 11.5 Å². The van der Waals surface area contributed by atoms with Gasteiger partial charge in [0.05, 0.1) is 0 Å². The second-order valence-corrected chi connectivity index (χ2v) is 4.99. The van der Waals surface area contributed by atoms with Crippen LogP contribution in [0.1, 0.15) is 16.8 Å². The highest BCUT2D eigenvalue weighted by atomic mass is 16.7. The van der Waals surface area contributed by atoms with Crippen LogP contribution in [0.3, 0.4) is 0 Å². The van der Waals surface area contributed by atoms with E-state index >= 15 is 0 Å². The molecule has 0 saturated carbocycles. The number of carbonyl (C=O) groups excluding carboxylic acids is 2. The van der Waals surface area contributed by atoms with Gasteiger partial charge in [0.2, 0.25) is 12.7 Å². The quantitative estimate of drug-likeness (QED) is 0.887. The zero-order valence-corrected chi connectivity index (χ0v) is 12.4. The maximum absolute atomic E-state index is 11.9. The van der Waals surface area contributed by atoms with Crippen LogP contribution in [0.2, 0.25) is 0 Å². The average molecular weight is 312 g/mol. The lowest BCUT2D eigenvalue weighted by Gasteiger charge is -2.07. The standard InChI is InChI=1S/C17H16N2O4/c20-16(8-9-18-17(21)12-4-2-1-3-5-12)19-13-6-7-14-15(10-13)23-11-22-14/h1-7,10H,8-9,11H2,(H,18,21)(H,19,20). The van der Waals surface area contributed by atoms with Crippen molar-refractivity contribution in [3.05, 3.63) is 54.1 Å². The third-order valence-corrected chi connectivity index (χ3v) is 3.33. The van der Waals surface area contributed by atoms with Gasteiger partial charge in [-0.3, -0.25) is 9.59 Å². The minimum atomic E-state index is -0.193. The summed E-state index contributed by atoms with van der Waals surface area (Å²) in [4.78, 5) is 23.7. The van der Waals surface area contributed by atoms with Crippen LogP contribution in [-0.2, 0) is 4.79 Å². The van der Waals surface area contributed by atoms with Gasteiger partial charge >= 0.3 is 0 Å². The molecule has 0 radical (unpaired) electrons. The Morgan fingerprint density at radius 1 is 1.00 bits per heavy atom. The first kappa shape index (κ1) is 14.9. The lowest BCUT2D eigenvalue weighted by Crippen LogP contribution is -2.27. The van der Waals surface area contributed by atoms with Crippen molar-refractivity contribution < 1.29 is 19.1 Å². The third kappa shape index (κ3) is 3.79. The van der Waals surface area contributed by atoms with Crippen LogP contribution in [0.15, 0.2) is 48.5 Å². The summed E-state index contributed by atoms with van der Waals surface area (Å²) in [5.41, 5.74) is 1.21. The molecule has 2 amide bonds. The number of nitrogens with one attached hydrogen (secondary N) is 2. The molecule has 23 heavy (non-hydrogen) atoms. The summed E-state index contributed by atoms with van der Waals surface area (Å²) in [6.07, 6.45) is 0.188. The zero-order chi connectivity index (χ0) is 16.1. The molecule has 1 heterocycles. The lowest BCUT2D eigenvalue weighted by atomic mass is 10.2. The Balaban J connectivity index is 1.46. The summed E-state index contributed by atoms with van der Waals surface area (Å²) in [5.74, 6) is 0.900. The molecular formula is C17H16N2O4. The van der Waals surface area contributed by atoms with E-state index < -0.39 is 0 Å². The minimum absolute atomic E-state index is 0.183. The Bertz CT molecular complexity index is 716. The fourth-order valence-corrected chi connectivity index (χ4v) is 2.18. The molecule has 6 heteroatoms. The van der Waals surface area contributed by atoms with Crippen molar-refractivity contribution in [2.24, 2.45) is 0 Å². The van der Waals surface area contributed by atoms with Crippen molar-refractivity contribution in [1.82, 2.24) is 5.32 Å². The number of hydrogen-bond donors (Lipinski definition) is 2. The predicted octanol–water partition coefficient (Wildman–Crippen LogP) is 2.17. The van der Waals surface area contributed by atoms with Crippen molar-refractivity contribution in [3.63, 3.8) is 0 Å². The number of rotatable bonds is 5. The van der Waals surface area contributed by atoms with E-state index in [1.165, 1.54) is 0 Å². The van der Waals surface area contributed by atoms with Crippen molar-refractivity contribution in [3.8, 4) is 11.5 Å². The molecule has 118 valence electrons. The molecular weight excluding hydrogens is 296 g/mol. The van der Waals surface area contributed by atoms with Crippen molar-refractivity contribution in [2.75, 3.05) is 18.7 Å². The molecule has 0 spiro atoms. The highest BCUT2D eigenvalue weighted by Gasteiger charge is 2.14. The van der Waals surface area contributed by atoms with Gasteiger partial charge in [-0.15, -0.1) is 0 Å². The lowest BCUT2D eigenvalue weighted by molar-refractivity contribution is -0.116. The highest BCUT2D eigenvalue weighted by molar-refractivity contribution is 5.95. The monoisotopic (exact) mass is 312 g/mol. The highest BCUT2D eigenvalue weighted by Crippen LogP contribution is 2.34. The van der Waals surface area contributed by atoms with E-state index in [4.69, 9.17) is 9.47 Å². The van der Waals surface area contributed by atoms with Gasteiger partial charge in [-0.2, -0.15) is 0 Å². The number of carbonyl (C=O) groups is 2. The number of amides is 2. The van der Waals surface area contributed by atoms with Crippen LogP contribution in [0.4, 0.5) is 5.69 Å². The molecule has 2 aromatic carbocycles. The number of benzene rings is 2. The smallest absolute Gasteiger partial charge is 0.251 e. The molecule has 1 aliphatic rings. The average Bonchev–Trinajstić information content (AvgIpc) is 3.03. The topological polar surface area (TPSA) is 76.7 Å². The van der Waals surface area contributed by atoms with Gasteiger partial charge in [-0.1, -0.05) is 18.2 Å². The van der Waals surface area contributed by atoms with Crippen molar-refractivity contribution in [1.29, 1.82) is 0 Å². The summed E-state index contributed by atoms with van der Waals surface area (Å²) in [6, 6.07) is 14.1. The molecule has 0 aliphatic carbocycles. The van der Waals surface area contributed by atoms with Crippen LogP contribution < -0.4 is 20.1 Å². The molecule has 0 bridgehead atoms. The van der Waals surface area contributed by atoms with Crippen LogP contribution in [0, 0.1) is 0 Å². The van der Waals surface area contributed by atoms with E-state index in [9.17, 15) is 9.59 Å². The SMILES string of the molecule is O=C(CCNC(=O)c1ccccc1)Nc1ccc2c(c1)OCO2. The van der Waals surface area contributed by atoms with E-state index in [1.807, 2.05) is 6.07 Å². The van der Waals surface area contributed by atoms with E-state index in [-0.39, 0.29) is 31.6 Å². The summed E-state index contributed by atoms with van der Waals surface area (Å²) in [5, 5.41) is 5.47. The molecule has 3 rings (SSSR count). The van der Waals surface area contributed by atoms with Crippen LogP contribution in [0.25, 0.3) is 0 Å². The van der Waals surface area contributed by atoms with E-state index in [0.717, 1.165) is 0 Å². The van der Waals surface area contributed by atoms with Gasteiger partial charge in [0.25, 0.3) is 5.91 Å².